The minimum absolute atomic E-state index is 0.563. The summed E-state index contributed by atoms with van der Waals surface area (Å²) in [4.78, 5) is 2.51. The molecule has 3 rings (SSSR count). The Labute approximate surface area is 133 Å². The monoisotopic (exact) mass is 292 g/mol. The van der Waals surface area contributed by atoms with E-state index in [1.54, 1.807) is 0 Å². The quantitative estimate of drug-likeness (QED) is 0.915. The van der Waals surface area contributed by atoms with E-state index >= 15 is 0 Å². The molecule has 0 unspecified atom stereocenters. The average molecular weight is 292 g/mol. The molecule has 0 amide bonds. The smallest absolute Gasteiger partial charge is 0.0166 e. The Morgan fingerprint density at radius 2 is 1.64 bits per heavy atom. The second kappa shape index (κ2) is 7.39. The molecule has 2 nitrogen and oxygen atoms in total. The predicted molar refractivity (Wildman–Crippen MR) is 93.6 cm³/mol. The number of hydrogen-bond donors (Lipinski definition) is 1. The van der Waals surface area contributed by atoms with E-state index in [0.717, 1.165) is 26.2 Å². The van der Waals surface area contributed by atoms with Crippen LogP contribution in [0.1, 0.15) is 17.0 Å². The summed E-state index contributed by atoms with van der Waals surface area (Å²) in [6.07, 6.45) is 4.46. The third kappa shape index (κ3) is 3.65. The molecule has 2 aromatic rings. The maximum atomic E-state index is 6.00. The SMILES string of the molecule is NC[C@@H]1CN(C/C=C/c2ccccc2)C[C@H]1c1ccccc1. The van der Waals surface area contributed by atoms with Gasteiger partial charge in [0, 0.05) is 25.6 Å². The fourth-order valence-electron chi connectivity index (χ4n) is 3.33. The summed E-state index contributed by atoms with van der Waals surface area (Å²) in [5.74, 6) is 1.13. The average Bonchev–Trinajstić information content (AvgIpc) is 3.00. The molecule has 0 aliphatic carbocycles. The van der Waals surface area contributed by atoms with E-state index in [1.807, 2.05) is 6.07 Å². The number of hydrogen-bond acceptors (Lipinski definition) is 2. The van der Waals surface area contributed by atoms with Gasteiger partial charge in [0.1, 0.15) is 0 Å². The summed E-state index contributed by atoms with van der Waals surface area (Å²) < 4.78 is 0. The van der Waals surface area contributed by atoms with Crippen LogP contribution in [0.25, 0.3) is 6.08 Å². The van der Waals surface area contributed by atoms with Crippen molar-refractivity contribution in [3.05, 3.63) is 77.9 Å². The summed E-state index contributed by atoms with van der Waals surface area (Å²) in [5.41, 5.74) is 8.68. The fourth-order valence-corrected chi connectivity index (χ4v) is 3.33. The Bertz CT molecular complexity index is 592. The van der Waals surface area contributed by atoms with Crippen LogP contribution in [0.15, 0.2) is 66.7 Å². The standard InChI is InChI=1S/C20H24N2/c21-14-19-15-22(13-7-10-17-8-3-1-4-9-17)16-20(19)18-11-5-2-6-12-18/h1-12,19-20H,13-16,21H2/b10-7+/t19-,20+/m1/s1. The topological polar surface area (TPSA) is 29.3 Å². The van der Waals surface area contributed by atoms with Gasteiger partial charge in [0.2, 0.25) is 0 Å². The van der Waals surface area contributed by atoms with Gasteiger partial charge >= 0.3 is 0 Å². The molecule has 1 heterocycles. The van der Waals surface area contributed by atoms with Gasteiger partial charge in [0.05, 0.1) is 0 Å². The molecule has 0 bridgehead atoms. The Balaban J connectivity index is 1.61. The minimum Gasteiger partial charge on any atom is -0.330 e. The van der Waals surface area contributed by atoms with E-state index in [-0.39, 0.29) is 0 Å². The molecule has 0 aromatic heterocycles. The highest BCUT2D eigenvalue weighted by molar-refractivity contribution is 5.48. The van der Waals surface area contributed by atoms with Gasteiger partial charge in [-0.25, -0.2) is 0 Å². The molecule has 1 fully saturated rings. The van der Waals surface area contributed by atoms with Crippen molar-refractivity contribution in [3.8, 4) is 0 Å². The van der Waals surface area contributed by atoms with Crippen molar-refractivity contribution in [1.82, 2.24) is 4.90 Å². The maximum absolute atomic E-state index is 6.00. The number of nitrogens with zero attached hydrogens (tertiary/aromatic N) is 1. The first-order valence-corrected chi connectivity index (χ1v) is 8.06. The number of likely N-dealkylation sites (tertiary alicyclic amines) is 1. The third-order valence-electron chi connectivity index (χ3n) is 4.52. The van der Waals surface area contributed by atoms with Gasteiger partial charge in [-0.3, -0.25) is 4.90 Å². The third-order valence-corrected chi connectivity index (χ3v) is 4.52. The highest BCUT2D eigenvalue weighted by atomic mass is 15.2. The second-order valence-electron chi connectivity index (χ2n) is 6.04. The van der Waals surface area contributed by atoms with E-state index in [9.17, 15) is 0 Å². The van der Waals surface area contributed by atoms with Crippen LogP contribution in [0.5, 0.6) is 0 Å². The molecule has 0 radical (unpaired) electrons. The van der Waals surface area contributed by atoms with Crippen molar-refractivity contribution in [1.29, 1.82) is 0 Å². The summed E-state index contributed by atoms with van der Waals surface area (Å²) in [5, 5.41) is 0. The van der Waals surface area contributed by atoms with Crippen molar-refractivity contribution in [2.75, 3.05) is 26.2 Å². The highest BCUT2D eigenvalue weighted by Crippen LogP contribution is 2.31. The van der Waals surface area contributed by atoms with Gasteiger partial charge in [-0.1, -0.05) is 72.8 Å². The molecule has 2 heteroatoms. The zero-order chi connectivity index (χ0) is 15.2. The normalized spacial score (nSPS) is 22.4. The van der Waals surface area contributed by atoms with Gasteiger partial charge in [-0.05, 0) is 23.6 Å². The number of rotatable bonds is 5. The van der Waals surface area contributed by atoms with E-state index in [0.29, 0.717) is 11.8 Å². The van der Waals surface area contributed by atoms with Crippen molar-refractivity contribution in [2.45, 2.75) is 5.92 Å². The molecule has 2 aromatic carbocycles. The van der Waals surface area contributed by atoms with E-state index in [1.165, 1.54) is 11.1 Å². The first-order valence-electron chi connectivity index (χ1n) is 8.06. The molecular weight excluding hydrogens is 268 g/mol. The lowest BCUT2D eigenvalue weighted by molar-refractivity contribution is 0.360. The molecule has 2 N–H and O–H groups in total. The summed E-state index contributed by atoms with van der Waals surface area (Å²) in [6, 6.07) is 21.3. The van der Waals surface area contributed by atoms with Crippen molar-refractivity contribution in [3.63, 3.8) is 0 Å². The van der Waals surface area contributed by atoms with Crippen LogP contribution >= 0.6 is 0 Å². The van der Waals surface area contributed by atoms with Crippen LogP contribution in [0, 0.1) is 5.92 Å². The van der Waals surface area contributed by atoms with Crippen molar-refractivity contribution < 1.29 is 0 Å². The zero-order valence-corrected chi connectivity index (χ0v) is 12.9. The first-order chi connectivity index (χ1) is 10.9. The van der Waals surface area contributed by atoms with Gasteiger partial charge in [0.25, 0.3) is 0 Å². The molecule has 2 atom stereocenters. The van der Waals surface area contributed by atoms with Gasteiger partial charge < -0.3 is 5.73 Å². The van der Waals surface area contributed by atoms with Crippen molar-refractivity contribution in [2.24, 2.45) is 11.7 Å². The van der Waals surface area contributed by atoms with Gasteiger partial charge in [-0.15, -0.1) is 0 Å². The molecular formula is C20H24N2. The van der Waals surface area contributed by atoms with Gasteiger partial charge in [0.15, 0.2) is 0 Å². The van der Waals surface area contributed by atoms with Crippen LogP contribution in [-0.4, -0.2) is 31.1 Å². The highest BCUT2D eigenvalue weighted by Gasteiger charge is 2.31. The molecule has 1 aliphatic rings. The minimum atomic E-state index is 0.563. The number of benzene rings is 2. The zero-order valence-electron chi connectivity index (χ0n) is 12.9. The van der Waals surface area contributed by atoms with E-state index in [2.05, 4.69) is 71.6 Å². The lowest BCUT2D eigenvalue weighted by Gasteiger charge is -2.16. The molecule has 1 aliphatic heterocycles. The van der Waals surface area contributed by atoms with Crippen LogP contribution in [0.3, 0.4) is 0 Å². The lowest BCUT2D eigenvalue weighted by atomic mass is 9.89. The predicted octanol–water partition coefficient (Wildman–Crippen LogP) is 3.37. The van der Waals surface area contributed by atoms with Crippen LogP contribution in [-0.2, 0) is 0 Å². The van der Waals surface area contributed by atoms with E-state index in [4.69, 9.17) is 5.73 Å². The molecule has 1 saturated heterocycles. The van der Waals surface area contributed by atoms with E-state index < -0.39 is 0 Å². The first kappa shape index (κ1) is 15.0. The maximum Gasteiger partial charge on any atom is 0.0166 e. The van der Waals surface area contributed by atoms with Crippen LogP contribution in [0.2, 0.25) is 0 Å². The largest absolute Gasteiger partial charge is 0.330 e. The summed E-state index contributed by atoms with van der Waals surface area (Å²) in [6.45, 7) is 3.95. The summed E-state index contributed by atoms with van der Waals surface area (Å²) in [7, 11) is 0. The molecule has 114 valence electrons. The molecule has 22 heavy (non-hydrogen) atoms. The Morgan fingerprint density at radius 1 is 0.955 bits per heavy atom. The summed E-state index contributed by atoms with van der Waals surface area (Å²) >= 11 is 0. The Morgan fingerprint density at radius 3 is 2.32 bits per heavy atom. The van der Waals surface area contributed by atoms with Crippen LogP contribution in [0.4, 0.5) is 0 Å². The Kier molecular flexibility index (Phi) is 5.04. The van der Waals surface area contributed by atoms with Crippen LogP contribution < -0.4 is 5.73 Å². The molecule has 0 spiro atoms. The van der Waals surface area contributed by atoms with Gasteiger partial charge in [-0.2, -0.15) is 0 Å². The Hall–Kier alpha value is -1.90. The number of nitrogens with two attached hydrogens (primary N) is 1. The lowest BCUT2D eigenvalue weighted by Crippen LogP contribution is -2.23. The van der Waals surface area contributed by atoms with Crippen molar-refractivity contribution >= 4 is 6.08 Å². The molecule has 0 saturated carbocycles. The fraction of sp³-hybridized carbons (Fsp3) is 0.300. The second-order valence-corrected chi connectivity index (χ2v) is 6.04.